The van der Waals surface area contributed by atoms with Gasteiger partial charge in [-0.05, 0) is 38.3 Å². The van der Waals surface area contributed by atoms with E-state index in [1.165, 1.54) is 12.1 Å². The predicted molar refractivity (Wildman–Crippen MR) is 69.9 cm³/mol. The fourth-order valence-electron chi connectivity index (χ4n) is 2.29. The zero-order valence-electron chi connectivity index (χ0n) is 11.0. The van der Waals surface area contributed by atoms with Crippen LogP contribution in [0.5, 0.6) is 0 Å². The molecule has 0 radical (unpaired) electrons. The molecule has 1 aromatic rings. The summed E-state index contributed by atoms with van der Waals surface area (Å²) in [6, 6.07) is 2.77. The van der Waals surface area contributed by atoms with Crippen LogP contribution in [0.4, 0.5) is 14.5 Å². The highest BCUT2D eigenvalue weighted by atomic mass is 19.1. The van der Waals surface area contributed by atoms with E-state index >= 15 is 0 Å². The zero-order valence-corrected chi connectivity index (χ0v) is 11.0. The molecule has 1 unspecified atom stereocenters. The van der Waals surface area contributed by atoms with E-state index in [4.69, 9.17) is 0 Å². The second-order valence-corrected chi connectivity index (χ2v) is 4.88. The van der Waals surface area contributed by atoms with Gasteiger partial charge in [-0.15, -0.1) is 0 Å². The number of carbonyl (C=O) groups is 1. The Morgan fingerprint density at radius 3 is 2.58 bits per heavy atom. The van der Waals surface area contributed by atoms with Crippen LogP contribution in [0.25, 0.3) is 0 Å². The minimum absolute atomic E-state index is 0.0385. The van der Waals surface area contributed by atoms with Gasteiger partial charge in [0.15, 0.2) is 0 Å². The van der Waals surface area contributed by atoms with Gasteiger partial charge in [-0.3, -0.25) is 4.79 Å². The number of carbonyl (C=O) groups excluding carboxylic acids is 1. The number of likely N-dealkylation sites (tertiary alicyclic amines) is 1. The maximum atomic E-state index is 13.5. The molecule has 1 heterocycles. The number of piperidine rings is 1. The van der Waals surface area contributed by atoms with Crippen molar-refractivity contribution >= 4 is 11.6 Å². The second kappa shape index (κ2) is 5.99. The molecule has 1 N–H and O–H groups in total. The molecule has 104 valence electrons. The molecule has 1 saturated heterocycles. The first-order valence-electron chi connectivity index (χ1n) is 6.58. The van der Waals surface area contributed by atoms with Gasteiger partial charge in [0.25, 0.3) is 0 Å². The Bertz CT molecular complexity index is 459. The Hall–Kier alpha value is -1.65. The molecule has 5 heteroatoms. The molecular weight excluding hydrogens is 250 g/mol. The SMILES string of the molecule is CC(Nc1ccc(F)cc1F)C(=O)N1CCCCC1. The fourth-order valence-corrected chi connectivity index (χ4v) is 2.29. The summed E-state index contributed by atoms with van der Waals surface area (Å²) in [7, 11) is 0. The first-order chi connectivity index (χ1) is 9.08. The summed E-state index contributed by atoms with van der Waals surface area (Å²) in [6.45, 7) is 3.22. The van der Waals surface area contributed by atoms with E-state index < -0.39 is 17.7 Å². The lowest BCUT2D eigenvalue weighted by Crippen LogP contribution is -2.44. The molecule has 1 aliphatic heterocycles. The highest BCUT2D eigenvalue weighted by Crippen LogP contribution is 2.17. The summed E-state index contributed by atoms with van der Waals surface area (Å²) in [5, 5.41) is 2.80. The Morgan fingerprint density at radius 2 is 1.95 bits per heavy atom. The van der Waals surface area contributed by atoms with Gasteiger partial charge in [0.1, 0.15) is 17.7 Å². The zero-order chi connectivity index (χ0) is 13.8. The maximum absolute atomic E-state index is 13.5. The molecule has 1 atom stereocenters. The number of hydrogen-bond donors (Lipinski definition) is 1. The summed E-state index contributed by atoms with van der Waals surface area (Å²) < 4.78 is 26.3. The number of nitrogens with one attached hydrogen (secondary N) is 1. The highest BCUT2D eigenvalue weighted by molar-refractivity contribution is 5.84. The third-order valence-corrected chi connectivity index (χ3v) is 3.34. The maximum Gasteiger partial charge on any atom is 0.244 e. The van der Waals surface area contributed by atoms with Crippen LogP contribution >= 0.6 is 0 Å². The van der Waals surface area contributed by atoms with Crippen LogP contribution < -0.4 is 5.32 Å². The molecule has 1 amide bonds. The number of benzene rings is 1. The second-order valence-electron chi connectivity index (χ2n) is 4.88. The third kappa shape index (κ3) is 3.43. The van der Waals surface area contributed by atoms with Gasteiger partial charge in [0, 0.05) is 19.2 Å². The molecule has 3 nitrogen and oxygen atoms in total. The van der Waals surface area contributed by atoms with Crippen LogP contribution in [0, 0.1) is 11.6 Å². The lowest BCUT2D eigenvalue weighted by Gasteiger charge is -2.29. The normalized spacial score (nSPS) is 17.1. The minimum atomic E-state index is -0.682. The molecule has 0 saturated carbocycles. The van der Waals surface area contributed by atoms with Crippen LogP contribution in [-0.4, -0.2) is 29.9 Å². The van der Waals surface area contributed by atoms with Crippen molar-refractivity contribution in [1.29, 1.82) is 0 Å². The van der Waals surface area contributed by atoms with Crippen molar-refractivity contribution in [2.24, 2.45) is 0 Å². The van der Waals surface area contributed by atoms with E-state index in [0.29, 0.717) is 0 Å². The number of anilines is 1. The molecule has 1 fully saturated rings. The largest absolute Gasteiger partial charge is 0.372 e. The highest BCUT2D eigenvalue weighted by Gasteiger charge is 2.22. The Kier molecular flexibility index (Phi) is 4.35. The smallest absolute Gasteiger partial charge is 0.244 e. The van der Waals surface area contributed by atoms with Crippen molar-refractivity contribution in [2.75, 3.05) is 18.4 Å². The van der Waals surface area contributed by atoms with Crippen LogP contribution in [0.2, 0.25) is 0 Å². The van der Waals surface area contributed by atoms with Crippen molar-refractivity contribution in [2.45, 2.75) is 32.2 Å². The first kappa shape index (κ1) is 13.8. The van der Waals surface area contributed by atoms with Gasteiger partial charge in [-0.1, -0.05) is 0 Å². The lowest BCUT2D eigenvalue weighted by atomic mass is 10.1. The molecular formula is C14H18F2N2O. The molecule has 0 bridgehead atoms. The third-order valence-electron chi connectivity index (χ3n) is 3.34. The van der Waals surface area contributed by atoms with Gasteiger partial charge in [0.05, 0.1) is 5.69 Å². The van der Waals surface area contributed by atoms with E-state index in [1.54, 1.807) is 11.8 Å². The quantitative estimate of drug-likeness (QED) is 0.914. The molecule has 0 aliphatic carbocycles. The Balaban J connectivity index is 1.99. The number of amides is 1. The van der Waals surface area contributed by atoms with Crippen LogP contribution in [0.3, 0.4) is 0 Å². The van der Waals surface area contributed by atoms with Gasteiger partial charge >= 0.3 is 0 Å². The fraction of sp³-hybridized carbons (Fsp3) is 0.500. The van der Waals surface area contributed by atoms with Crippen molar-refractivity contribution in [3.8, 4) is 0 Å². The number of halogens is 2. The van der Waals surface area contributed by atoms with Crippen molar-refractivity contribution in [1.82, 2.24) is 4.90 Å². The van der Waals surface area contributed by atoms with Crippen LogP contribution in [0.15, 0.2) is 18.2 Å². The number of hydrogen-bond acceptors (Lipinski definition) is 2. The molecule has 1 aromatic carbocycles. The van der Waals surface area contributed by atoms with Crippen LogP contribution in [0.1, 0.15) is 26.2 Å². The van der Waals surface area contributed by atoms with E-state index in [9.17, 15) is 13.6 Å². The summed E-state index contributed by atoms with van der Waals surface area (Å²) in [5.41, 5.74) is 0.152. The Labute approximate surface area is 111 Å². The monoisotopic (exact) mass is 268 g/mol. The average Bonchev–Trinajstić information content (AvgIpc) is 2.42. The molecule has 1 aliphatic rings. The molecule has 0 aromatic heterocycles. The summed E-state index contributed by atoms with van der Waals surface area (Å²) in [6.07, 6.45) is 3.19. The van der Waals surface area contributed by atoms with Gasteiger partial charge in [-0.2, -0.15) is 0 Å². The van der Waals surface area contributed by atoms with Crippen molar-refractivity contribution < 1.29 is 13.6 Å². The number of nitrogens with zero attached hydrogens (tertiary/aromatic N) is 1. The topological polar surface area (TPSA) is 32.3 Å². The summed E-state index contributed by atoms with van der Waals surface area (Å²) in [5.74, 6) is -1.35. The molecule has 0 spiro atoms. The number of rotatable bonds is 3. The average molecular weight is 268 g/mol. The van der Waals surface area contributed by atoms with Gasteiger partial charge < -0.3 is 10.2 Å². The predicted octanol–water partition coefficient (Wildman–Crippen LogP) is 2.78. The van der Waals surface area contributed by atoms with E-state index in [0.717, 1.165) is 38.4 Å². The van der Waals surface area contributed by atoms with Crippen molar-refractivity contribution in [3.05, 3.63) is 29.8 Å². The molecule has 19 heavy (non-hydrogen) atoms. The van der Waals surface area contributed by atoms with Crippen LogP contribution in [-0.2, 0) is 4.79 Å². The van der Waals surface area contributed by atoms with Gasteiger partial charge in [0.2, 0.25) is 5.91 Å². The van der Waals surface area contributed by atoms with Gasteiger partial charge in [-0.25, -0.2) is 8.78 Å². The standard InChI is InChI=1S/C14H18F2N2O/c1-10(14(19)18-7-3-2-4-8-18)17-13-6-5-11(15)9-12(13)16/h5-6,9-10,17H,2-4,7-8H2,1H3. The van der Waals surface area contributed by atoms with E-state index in [1.807, 2.05) is 0 Å². The summed E-state index contributed by atoms with van der Waals surface area (Å²) >= 11 is 0. The minimum Gasteiger partial charge on any atom is -0.372 e. The Morgan fingerprint density at radius 1 is 1.26 bits per heavy atom. The summed E-state index contributed by atoms with van der Waals surface area (Å²) in [4.78, 5) is 13.9. The van der Waals surface area contributed by atoms with E-state index in [2.05, 4.69) is 5.32 Å². The molecule has 2 rings (SSSR count). The van der Waals surface area contributed by atoms with E-state index in [-0.39, 0.29) is 11.6 Å². The van der Waals surface area contributed by atoms with Crippen molar-refractivity contribution in [3.63, 3.8) is 0 Å². The first-order valence-corrected chi connectivity index (χ1v) is 6.58. The lowest BCUT2D eigenvalue weighted by molar-refractivity contribution is -0.132.